The van der Waals surface area contributed by atoms with Crippen molar-refractivity contribution in [1.82, 2.24) is 19.9 Å². The number of aromatic nitrogens is 3. The zero-order valence-corrected chi connectivity index (χ0v) is 12.7. The quantitative estimate of drug-likeness (QED) is 0.903. The molecule has 0 amide bonds. The number of hydrogen-bond acceptors (Lipinski definition) is 5. The van der Waals surface area contributed by atoms with E-state index in [1.165, 1.54) is 0 Å². The van der Waals surface area contributed by atoms with E-state index < -0.39 is 0 Å². The van der Waals surface area contributed by atoms with Gasteiger partial charge >= 0.3 is 0 Å². The van der Waals surface area contributed by atoms with Crippen LogP contribution < -0.4 is 10.3 Å². The Hall–Kier alpha value is -2.21. The van der Waals surface area contributed by atoms with E-state index in [2.05, 4.69) is 19.9 Å². The third-order valence-corrected chi connectivity index (χ3v) is 3.75. The molecule has 3 heterocycles. The minimum absolute atomic E-state index is 0.0794. The third kappa shape index (κ3) is 3.71. The number of rotatable bonds is 5. The van der Waals surface area contributed by atoms with Crippen LogP contribution >= 0.6 is 0 Å². The molecule has 1 atom stereocenters. The van der Waals surface area contributed by atoms with Gasteiger partial charge in [-0.3, -0.25) is 14.7 Å². The molecule has 2 aromatic heterocycles. The second-order valence-electron chi connectivity index (χ2n) is 5.49. The fourth-order valence-corrected chi connectivity index (χ4v) is 2.68. The Kier molecular flexibility index (Phi) is 4.48. The number of pyridine rings is 1. The topological polar surface area (TPSA) is 71.1 Å². The zero-order chi connectivity index (χ0) is 15.4. The van der Waals surface area contributed by atoms with Gasteiger partial charge in [-0.2, -0.15) is 0 Å². The second kappa shape index (κ2) is 6.70. The second-order valence-corrected chi connectivity index (χ2v) is 5.49. The molecule has 0 unspecified atom stereocenters. The lowest BCUT2D eigenvalue weighted by Gasteiger charge is -2.16. The van der Waals surface area contributed by atoms with Gasteiger partial charge in [-0.05, 0) is 25.0 Å². The van der Waals surface area contributed by atoms with Crippen molar-refractivity contribution < 1.29 is 4.74 Å². The van der Waals surface area contributed by atoms with Crippen LogP contribution in [-0.2, 0) is 13.0 Å². The summed E-state index contributed by atoms with van der Waals surface area (Å²) in [6.07, 6.45) is 5.35. The van der Waals surface area contributed by atoms with E-state index in [0.717, 1.165) is 43.2 Å². The maximum atomic E-state index is 11.6. The van der Waals surface area contributed by atoms with Crippen molar-refractivity contribution in [3.8, 4) is 5.75 Å². The van der Waals surface area contributed by atoms with Crippen LogP contribution in [0.3, 0.4) is 0 Å². The van der Waals surface area contributed by atoms with Crippen molar-refractivity contribution in [2.45, 2.75) is 32.4 Å². The maximum Gasteiger partial charge on any atom is 0.251 e. The summed E-state index contributed by atoms with van der Waals surface area (Å²) < 4.78 is 5.92. The first-order valence-corrected chi connectivity index (χ1v) is 7.61. The van der Waals surface area contributed by atoms with E-state index in [-0.39, 0.29) is 11.7 Å². The molecule has 1 aliphatic rings. The van der Waals surface area contributed by atoms with Crippen LogP contribution in [-0.4, -0.2) is 39.0 Å². The van der Waals surface area contributed by atoms with Crippen LogP contribution in [0.1, 0.15) is 24.9 Å². The highest BCUT2D eigenvalue weighted by molar-refractivity contribution is 5.16. The molecular formula is C16H20N4O2. The van der Waals surface area contributed by atoms with Gasteiger partial charge in [0.05, 0.1) is 12.7 Å². The summed E-state index contributed by atoms with van der Waals surface area (Å²) in [5.41, 5.74) is 0.755. The van der Waals surface area contributed by atoms with Crippen molar-refractivity contribution >= 4 is 0 Å². The van der Waals surface area contributed by atoms with Gasteiger partial charge in [0, 0.05) is 31.0 Å². The fraction of sp³-hybridized carbons (Fsp3) is 0.438. The number of likely N-dealkylation sites (tertiary alicyclic amines) is 1. The van der Waals surface area contributed by atoms with Gasteiger partial charge in [0.2, 0.25) is 0 Å². The number of ether oxygens (including phenoxy) is 1. The molecule has 3 rings (SSSR count). The molecule has 1 aliphatic heterocycles. The smallest absolute Gasteiger partial charge is 0.251 e. The number of nitrogens with one attached hydrogen (secondary N) is 1. The monoisotopic (exact) mass is 300 g/mol. The van der Waals surface area contributed by atoms with Crippen molar-refractivity contribution in [3.63, 3.8) is 0 Å². The molecule has 0 bridgehead atoms. The van der Waals surface area contributed by atoms with Crippen LogP contribution in [0.15, 0.2) is 35.4 Å². The van der Waals surface area contributed by atoms with Gasteiger partial charge in [0.1, 0.15) is 17.7 Å². The van der Waals surface area contributed by atoms with E-state index in [1.54, 1.807) is 18.5 Å². The number of nitrogens with zero attached hydrogens (tertiary/aromatic N) is 3. The van der Waals surface area contributed by atoms with Crippen LogP contribution in [0.25, 0.3) is 0 Å². The molecule has 0 radical (unpaired) electrons. The largest absolute Gasteiger partial charge is 0.487 e. The van der Waals surface area contributed by atoms with Gasteiger partial charge in [-0.25, -0.2) is 4.98 Å². The summed E-state index contributed by atoms with van der Waals surface area (Å²) in [5, 5.41) is 0. The average molecular weight is 300 g/mol. The third-order valence-electron chi connectivity index (χ3n) is 3.75. The lowest BCUT2D eigenvalue weighted by molar-refractivity contribution is 0.196. The zero-order valence-electron chi connectivity index (χ0n) is 12.7. The van der Waals surface area contributed by atoms with Crippen LogP contribution in [0.4, 0.5) is 0 Å². The van der Waals surface area contributed by atoms with Gasteiger partial charge in [0.25, 0.3) is 5.56 Å². The van der Waals surface area contributed by atoms with Crippen molar-refractivity contribution in [2.24, 2.45) is 0 Å². The van der Waals surface area contributed by atoms with Gasteiger partial charge < -0.3 is 9.72 Å². The molecule has 116 valence electrons. The summed E-state index contributed by atoms with van der Waals surface area (Å²) >= 11 is 0. The molecule has 0 spiro atoms. The highest BCUT2D eigenvalue weighted by atomic mass is 16.5. The molecule has 6 nitrogen and oxygen atoms in total. The normalized spacial score (nSPS) is 18.5. The summed E-state index contributed by atoms with van der Waals surface area (Å²) in [6.45, 7) is 4.41. The van der Waals surface area contributed by atoms with Crippen LogP contribution in [0, 0.1) is 0 Å². The highest BCUT2D eigenvalue weighted by Crippen LogP contribution is 2.18. The average Bonchev–Trinajstić information content (AvgIpc) is 2.94. The first kappa shape index (κ1) is 14.7. The Bertz CT molecular complexity index is 671. The van der Waals surface area contributed by atoms with E-state index >= 15 is 0 Å². The molecule has 22 heavy (non-hydrogen) atoms. The van der Waals surface area contributed by atoms with E-state index in [4.69, 9.17) is 4.74 Å². The van der Waals surface area contributed by atoms with Gasteiger partial charge in [-0.1, -0.05) is 6.92 Å². The van der Waals surface area contributed by atoms with E-state index in [9.17, 15) is 4.79 Å². The lowest BCUT2D eigenvalue weighted by atomic mass is 10.3. The Morgan fingerprint density at radius 3 is 3.18 bits per heavy atom. The summed E-state index contributed by atoms with van der Waals surface area (Å²) in [5.74, 6) is 1.53. The molecule has 1 fully saturated rings. The Labute approximate surface area is 129 Å². The molecule has 1 N–H and O–H groups in total. The molecule has 0 saturated carbocycles. The van der Waals surface area contributed by atoms with Gasteiger partial charge in [-0.15, -0.1) is 0 Å². The van der Waals surface area contributed by atoms with E-state index in [1.807, 2.05) is 19.1 Å². The Morgan fingerprint density at radius 2 is 2.41 bits per heavy atom. The highest BCUT2D eigenvalue weighted by Gasteiger charge is 2.24. The van der Waals surface area contributed by atoms with Crippen LogP contribution in [0.2, 0.25) is 0 Å². The maximum absolute atomic E-state index is 11.6. The number of aromatic amines is 1. The first-order valence-electron chi connectivity index (χ1n) is 7.61. The summed E-state index contributed by atoms with van der Waals surface area (Å²) in [4.78, 5) is 25.2. The molecule has 2 aromatic rings. The molecular weight excluding hydrogens is 280 g/mol. The lowest BCUT2D eigenvalue weighted by Crippen LogP contribution is -2.26. The van der Waals surface area contributed by atoms with Crippen LogP contribution in [0.5, 0.6) is 5.75 Å². The van der Waals surface area contributed by atoms with Crippen molar-refractivity contribution in [1.29, 1.82) is 0 Å². The number of aryl methyl sites for hydroxylation is 1. The number of H-pyrrole nitrogens is 1. The van der Waals surface area contributed by atoms with Crippen molar-refractivity contribution in [3.05, 3.63) is 52.5 Å². The molecule has 0 aliphatic carbocycles. The predicted octanol–water partition coefficient (Wildman–Crippen LogP) is 1.38. The fourth-order valence-electron chi connectivity index (χ4n) is 2.68. The molecule has 6 heteroatoms. The predicted molar refractivity (Wildman–Crippen MR) is 82.8 cm³/mol. The minimum atomic E-state index is -0.0794. The molecule has 1 saturated heterocycles. The summed E-state index contributed by atoms with van der Waals surface area (Å²) in [6, 6.07) is 5.34. The molecule has 0 aromatic carbocycles. The van der Waals surface area contributed by atoms with E-state index in [0.29, 0.717) is 6.54 Å². The first-order chi connectivity index (χ1) is 10.7. The minimum Gasteiger partial charge on any atom is -0.487 e. The van der Waals surface area contributed by atoms with Gasteiger partial charge in [0.15, 0.2) is 0 Å². The Balaban J connectivity index is 1.59. The SMILES string of the molecule is CCc1cc(=O)[nH]c(CN2CC[C@@H](Oc3cccnc3)C2)n1. The summed E-state index contributed by atoms with van der Waals surface area (Å²) in [7, 11) is 0. The van der Waals surface area contributed by atoms with Crippen molar-refractivity contribution in [2.75, 3.05) is 13.1 Å². The Morgan fingerprint density at radius 1 is 1.50 bits per heavy atom. The number of hydrogen-bond donors (Lipinski definition) is 1. The standard InChI is InChI=1S/C16H20N4O2/c1-2-12-8-16(21)19-15(18-12)11-20-7-5-14(10-20)22-13-4-3-6-17-9-13/h3-4,6,8-9,14H,2,5,7,10-11H2,1H3,(H,18,19,21)/t14-/m1/s1.